The van der Waals surface area contributed by atoms with E-state index in [4.69, 9.17) is 5.73 Å². The highest BCUT2D eigenvalue weighted by Crippen LogP contribution is 2.26. The second-order valence-corrected chi connectivity index (χ2v) is 4.42. The Labute approximate surface area is 99.6 Å². The highest BCUT2D eigenvalue weighted by atomic mass is 16.6. The third kappa shape index (κ3) is 2.36. The second-order valence-electron chi connectivity index (χ2n) is 4.42. The molecule has 2 heterocycles. The molecule has 1 aromatic heterocycles. The summed E-state index contributed by atoms with van der Waals surface area (Å²) in [7, 11) is 0. The molecule has 0 radical (unpaired) electrons. The summed E-state index contributed by atoms with van der Waals surface area (Å²) < 4.78 is 0. The first-order valence-corrected chi connectivity index (χ1v) is 5.68. The topological polar surface area (TPSA) is 85.3 Å². The first-order valence-electron chi connectivity index (χ1n) is 5.68. The Bertz CT molecular complexity index is 435. The zero-order valence-corrected chi connectivity index (χ0v) is 9.80. The molecule has 1 unspecified atom stereocenters. The fourth-order valence-electron chi connectivity index (χ4n) is 2.11. The molecular formula is C11H16N4O2. The van der Waals surface area contributed by atoms with Crippen LogP contribution in [0.4, 0.5) is 11.5 Å². The lowest BCUT2D eigenvalue weighted by atomic mass is 10.1. The van der Waals surface area contributed by atoms with E-state index >= 15 is 0 Å². The molecule has 0 aliphatic carbocycles. The number of aromatic nitrogens is 1. The molecule has 0 aromatic carbocycles. The number of nitrogens with two attached hydrogens (primary N) is 1. The van der Waals surface area contributed by atoms with Crippen molar-refractivity contribution in [1.29, 1.82) is 0 Å². The van der Waals surface area contributed by atoms with Crippen LogP contribution < -0.4 is 10.6 Å². The third-order valence-electron chi connectivity index (χ3n) is 3.20. The summed E-state index contributed by atoms with van der Waals surface area (Å²) in [6, 6.07) is 1.55. The van der Waals surface area contributed by atoms with Crippen LogP contribution in [0, 0.1) is 23.0 Å². The standard InChI is InChI=1S/C11H16N4O2/c1-8-6-13-11(4-10(8)15(16)17)14-3-2-9(5-12)7-14/h4,6,9H,2-3,5,7,12H2,1H3. The van der Waals surface area contributed by atoms with E-state index in [-0.39, 0.29) is 10.6 Å². The summed E-state index contributed by atoms with van der Waals surface area (Å²) in [5.74, 6) is 1.15. The maximum absolute atomic E-state index is 10.8. The molecule has 0 bridgehead atoms. The summed E-state index contributed by atoms with van der Waals surface area (Å²) in [4.78, 5) is 16.8. The van der Waals surface area contributed by atoms with E-state index in [1.807, 2.05) is 0 Å². The highest BCUT2D eigenvalue weighted by molar-refractivity contribution is 5.51. The van der Waals surface area contributed by atoms with Gasteiger partial charge in [0, 0.05) is 24.8 Å². The monoisotopic (exact) mass is 236 g/mol. The lowest BCUT2D eigenvalue weighted by Crippen LogP contribution is -2.23. The number of pyridine rings is 1. The fourth-order valence-corrected chi connectivity index (χ4v) is 2.11. The number of hydrogen-bond donors (Lipinski definition) is 1. The van der Waals surface area contributed by atoms with Crippen molar-refractivity contribution in [2.75, 3.05) is 24.5 Å². The normalized spacial score (nSPS) is 19.6. The highest BCUT2D eigenvalue weighted by Gasteiger charge is 2.24. The van der Waals surface area contributed by atoms with Gasteiger partial charge >= 0.3 is 0 Å². The van der Waals surface area contributed by atoms with Gasteiger partial charge in [-0.3, -0.25) is 10.1 Å². The zero-order chi connectivity index (χ0) is 12.4. The van der Waals surface area contributed by atoms with Crippen LogP contribution in [0.1, 0.15) is 12.0 Å². The van der Waals surface area contributed by atoms with Gasteiger partial charge < -0.3 is 10.6 Å². The van der Waals surface area contributed by atoms with Crippen molar-refractivity contribution in [2.24, 2.45) is 11.7 Å². The summed E-state index contributed by atoms with van der Waals surface area (Å²) in [6.45, 7) is 4.06. The van der Waals surface area contributed by atoms with Crippen LogP contribution in [0.25, 0.3) is 0 Å². The molecule has 1 fully saturated rings. The quantitative estimate of drug-likeness (QED) is 0.627. The molecule has 1 aliphatic rings. The lowest BCUT2D eigenvalue weighted by molar-refractivity contribution is -0.385. The van der Waals surface area contributed by atoms with Gasteiger partial charge in [0.2, 0.25) is 0 Å². The Morgan fingerprint density at radius 2 is 2.47 bits per heavy atom. The average molecular weight is 236 g/mol. The predicted octanol–water partition coefficient (Wildman–Crippen LogP) is 1.08. The van der Waals surface area contributed by atoms with E-state index in [0.29, 0.717) is 23.8 Å². The van der Waals surface area contributed by atoms with Gasteiger partial charge in [0.15, 0.2) is 0 Å². The van der Waals surface area contributed by atoms with E-state index in [0.717, 1.165) is 19.5 Å². The minimum Gasteiger partial charge on any atom is -0.356 e. The Balaban J connectivity index is 2.22. The van der Waals surface area contributed by atoms with Crippen molar-refractivity contribution in [3.63, 3.8) is 0 Å². The molecule has 17 heavy (non-hydrogen) atoms. The van der Waals surface area contributed by atoms with Crippen molar-refractivity contribution in [3.8, 4) is 0 Å². The van der Waals surface area contributed by atoms with Gasteiger partial charge in [-0.05, 0) is 25.8 Å². The number of nitro groups is 1. The van der Waals surface area contributed by atoms with Crippen molar-refractivity contribution < 1.29 is 4.92 Å². The Hall–Kier alpha value is -1.69. The SMILES string of the molecule is Cc1cnc(N2CCC(CN)C2)cc1[N+](=O)[O-]. The minimum absolute atomic E-state index is 0.131. The van der Waals surface area contributed by atoms with Crippen LogP contribution in [0.2, 0.25) is 0 Å². The van der Waals surface area contributed by atoms with Gasteiger partial charge in [-0.1, -0.05) is 0 Å². The van der Waals surface area contributed by atoms with Gasteiger partial charge in [0.05, 0.1) is 11.0 Å². The van der Waals surface area contributed by atoms with Gasteiger partial charge in [0.25, 0.3) is 5.69 Å². The molecule has 92 valence electrons. The lowest BCUT2D eigenvalue weighted by Gasteiger charge is -2.17. The summed E-state index contributed by atoms with van der Waals surface area (Å²) >= 11 is 0. The molecule has 0 spiro atoms. The Morgan fingerprint density at radius 3 is 3.06 bits per heavy atom. The molecule has 1 aromatic rings. The molecule has 1 atom stereocenters. The Kier molecular flexibility index (Phi) is 3.23. The van der Waals surface area contributed by atoms with E-state index in [2.05, 4.69) is 9.88 Å². The molecule has 1 saturated heterocycles. The molecule has 6 nitrogen and oxygen atoms in total. The maximum Gasteiger partial charge on any atom is 0.277 e. The number of hydrogen-bond acceptors (Lipinski definition) is 5. The van der Waals surface area contributed by atoms with Crippen molar-refractivity contribution in [2.45, 2.75) is 13.3 Å². The second kappa shape index (κ2) is 4.67. The Morgan fingerprint density at radius 1 is 1.71 bits per heavy atom. The number of aryl methyl sites for hydroxylation is 1. The average Bonchev–Trinajstić information content (AvgIpc) is 2.78. The van der Waals surface area contributed by atoms with Crippen molar-refractivity contribution in [1.82, 2.24) is 4.98 Å². The van der Waals surface area contributed by atoms with E-state index < -0.39 is 0 Å². The van der Waals surface area contributed by atoms with E-state index in [9.17, 15) is 10.1 Å². The van der Waals surface area contributed by atoms with Crippen LogP contribution in [0.5, 0.6) is 0 Å². The molecule has 1 aliphatic heterocycles. The van der Waals surface area contributed by atoms with Crippen LogP contribution in [-0.4, -0.2) is 29.5 Å². The third-order valence-corrected chi connectivity index (χ3v) is 3.20. The summed E-state index contributed by atoms with van der Waals surface area (Å²) in [6.07, 6.45) is 2.59. The van der Waals surface area contributed by atoms with Gasteiger partial charge in [0.1, 0.15) is 5.82 Å². The van der Waals surface area contributed by atoms with Crippen molar-refractivity contribution >= 4 is 11.5 Å². The van der Waals surface area contributed by atoms with E-state index in [1.165, 1.54) is 0 Å². The number of nitrogens with zero attached hydrogens (tertiary/aromatic N) is 3. The largest absolute Gasteiger partial charge is 0.356 e. The molecule has 0 amide bonds. The molecule has 2 rings (SSSR count). The molecule has 0 saturated carbocycles. The number of anilines is 1. The van der Waals surface area contributed by atoms with Crippen LogP contribution in [-0.2, 0) is 0 Å². The smallest absolute Gasteiger partial charge is 0.277 e. The first-order chi connectivity index (χ1) is 8.11. The van der Waals surface area contributed by atoms with Crippen LogP contribution in [0.3, 0.4) is 0 Å². The van der Waals surface area contributed by atoms with Crippen molar-refractivity contribution in [3.05, 3.63) is 27.9 Å². The van der Waals surface area contributed by atoms with Gasteiger partial charge in [-0.15, -0.1) is 0 Å². The first kappa shape index (κ1) is 11.8. The molecule has 6 heteroatoms. The summed E-state index contributed by atoms with van der Waals surface area (Å²) in [5, 5.41) is 10.8. The molecular weight excluding hydrogens is 220 g/mol. The maximum atomic E-state index is 10.8. The zero-order valence-electron chi connectivity index (χ0n) is 9.80. The van der Waals surface area contributed by atoms with Gasteiger partial charge in [-0.25, -0.2) is 4.98 Å². The summed E-state index contributed by atoms with van der Waals surface area (Å²) in [5.41, 5.74) is 6.34. The predicted molar refractivity (Wildman–Crippen MR) is 65.0 cm³/mol. The fraction of sp³-hybridized carbons (Fsp3) is 0.545. The van der Waals surface area contributed by atoms with Crippen LogP contribution in [0.15, 0.2) is 12.3 Å². The minimum atomic E-state index is -0.364. The van der Waals surface area contributed by atoms with E-state index in [1.54, 1.807) is 19.2 Å². The number of rotatable bonds is 3. The van der Waals surface area contributed by atoms with Gasteiger partial charge in [-0.2, -0.15) is 0 Å². The molecule has 2 N–H and O–H groups in total. The van der Waals surface area contributed by atoms with Crippen LogP contribution >= 0.6 is 0 Å².